The molecule has 70 valence electrons. The summed E-state index contributed by atoms with van der Waals surface area (Å²) in [4.78, 5) is 0. The third-order valence-electron chi connectivity index (χ3n) is 4.53. The van der Waals surface area contributed by atoms with Crippen molar-refractivity contribution in [1.29, 1.82) is 0 Å². The van der Waals surface area contributed by atoms with E-state index in [1.54, 1.807) is 6.42 Å². The Bertz CT molecular complexity index is 148. The van der Waals surface area contributed by atoms with E-state index in [2.05, 4.69) is 13.8 Å². The van der Waals surface area contributed by atoms with Crippen LogP contribution in [0.1, 0.15) is 52.4 Å². The minimum atomic E-state index is 1.00. The summed E-state index contributed by atoms with van der Waals surface area (Å²) in [5.41, 5.74) is 0. The topological polar surface area (TPSA) is 0 Å². The summed E-state index contributed by atoms with van der Waals surface area (Å²) >= 11 is 0. The maximum absolute atomic E-state index is 2.49. The zero-order chi connectivity index (χ0) is 8.55. The van der Waals surface area contributed by atoms with Crippen LogP contribution in [0.15, 0.2) is 0 Å². The Balaban J connectivity index is 2.03. The lowest BCUT2D eigenvalue weighted by Gasteiger charge is -2.43. The fourth-order valence-electron chi connectivity index (χ4n) is 3.45. The smallest absolute Gasteiger partial charge is 0.0358 e. The van der Waals surface area contributed by atoms with Gasteiger partial charge in [0.05, 0.1) is 0 Å². The molecular formula is C12H22. The number of rotatable bonds is 0. The first kappa shape index (κ1) is 8.59. The predicted molar refractivity (Wildman–Crippen MR) is 53.0 cm³/mol. The minimum Gasteiger partial charge on any atom is -0.0622 e. The second kappa shape index (κ2) is 3.40. The van der Waals surface area contributed by atoms with Gasteiger partial charge in [-0.2, -0.15) is 0 Å². The number of hydrogen-bond acceptors (Lipinski definition) is 0. The van der Waals surface area contributed by atoms with Gasteiger partial charge in [0.2, 0.25) is 0 Å². The van der Waals surface area contributed by atoms with Crippen LogP contribution in [0.3, 0.4) is 0 Å². The molecular weight excluding hydrogens is 144 g/mol. The van der Waals surface area contributed by atoms with Crippen molar-refractivity contribution in [2.45, 2.75) is 52.4 Å². The maximum atomic E-state index is 2.49. The Hall–Kier alpha value is 0. The molecule has 0 bridgehead atoms. The van der Waals surface area contributed by atoms with Crippen LogP contribution in [-0.4, -0.2) is 0 Å². The zero-order valence-electron chi connectivity index (χ0n) is 8.55. The Morgan fingerprint density at radius 3 is 2.42 bits per heavy atom. The van der Waals surface area contributed by atoms with Gasteiger partial charge in [0, 0.05) is 0 Å². The first-order valence-electron chi connectivity index (χ1n) is 5.79. The van der Waals surface area contributed by atoms with E-state index in [9.17, 15) is 0 Å². The molecule has 2 aliphatic carbocycles. The summed E-state index contributed by atoms with van der Waals surface area (Å²) < 4.78 is 0. The number of hydrogen-bond donors (Lipinski definition) is 0. The third kappa shape index (κ3) is 1.41. The fourth-order valence-corrected chi connectivity index (χ4v) is 3.45. The quantitative estimate of drug-likeness (QED) is 0.512. The Kier molecular flexibility index (Phi) is 2.43. The molecule has 2 saturated carbocycles. The van der Waals surface area contributed by atoms with Crippen molar-refractivity contribution >= 4 is 0 Å². The van der Waals surface area contributed by atoms with E-state index in [1.807, 2.05) is 0 Å². The molecule has 4 atom stereocenters. The molecule has 0 heteroatoms. The van der Waals surface area contributed by atoms with Gasteiger partial charge in [-0.25, -0.2) is 0 Å². The van der Waals surface area contributed by atoms with Crippen molar-refractivity contribution in [3.63, 3.8) is 0 Å². The van der Waals surface area contributed by atoms with E-state index in [0.717, 1.165) is 23.7 Å². The lowest BCUT2D eigenvalue weighted by Crippen LogP contribution is -2.33. The van der Waals surface area contributed by atoms with Crippen LogP contribution in [-0.2, 0) is 0 Å². The molecule has 0 aromatic heterocycles. The zero-order valence-corrected chi connectivity index (χ0v) is 8.55. The van der Waals surface area contributed by atoms with E-state index >= 15 is 0 Å². The predicted octanol–water partition coefficient (Wildman–Crippen LogP) is 3.86. The normalized spacial score (nSPS) is 48.5. The second-order valence-electron chi connectivity index (χ2n) is 5.12. The highest BCUT2D eigenvalue weighted by Crippen LogP contribution is 2.45. The van der Waals surface area contributed by atoms with Gasteiger partial charge in [-0.1, -0.05) is 39.5 Å². The van der Waals surface area contributed by atoms with Crippen molar-refractivity contribution in [3.8, 4) is 0 Å². The molecule has 0 amide bonds. The van der Waals surface area contributed by atoms with Crippen LogP contribution in [0.5, 0.6) is 0 Å². The van der Waals surface area contributed by atoms with E-state index in [0.29, 0.717) is 0 Å². The summed E-state index contributed by atoms with van der Waals surface area (Å²) in [6.07, 6.45) is 9.15. The lowest BCUT2D eigenvalue weighted by atomic mass is 9.63. The maximum Gasteiger partial charge on any atom is -0.0358 e. The van der Waals surface area contributed by atoms with Gasteiger partial charge in [-0.05, 0) is 36.5 Å². The van der Waals surface area contributed by atoms with Gasteiger partial charge >= 0.3 is 0 Å². The molecule has 0 radical (unpaired) electrons. The summed E-state index contributed by atoms with van der Waals surface area (Å²) in [5, 5.41) is 0. The van der Waals surface area contributed by atoms with Crippen LogP contribution < -0.4 is 0 Å². The molecule has 0 unspecified atom stereocenters. The monoisotopic (exact) mass is 166 g/mol. The van der Waals surface area contributed by atoms with E-state index in [4.69, 9.17) is 0 Å². The fraction of sp³-hybridized carbons (Fsp3) is 1.00. The van der Waals surface area contributed by atoms with Crippen LogP contribution in [0.2, 0.25) is 0 Å². The van der Waals surface area contributed by atoms with Gasteiger partial charge in [-0.3, -0.25) is 0 Å². The molecule has 12 heavy (non-hydrogen) atoms. The Morgan fingerprint density at radius 2 is 1.58 bits per heavy atom. The molecule has 0 heterocycles. The van der Waals surface area contributed by atoms with Gasteiger partial charge < -0.3 is 0 Å². The van der Waals surface area contributed by atoms with Crippen LogP contribution in [0, 0.1) is 23.7 Å². The molecule has 0 N–H and O–H groups in total. The van der Waals surface area contributed by atoms with Crippen LogP contribution >= 0.6 is 0 Å². The average Bonchev–Trinajstić information content (AvgIpc) is 2.12. The van der Waals surface area contributed by atoms with E-state index in [-0.39, 0.29) is 0 Å². The van der Waals surface area contributed by atoms with Crippen LogP contribution in [0.4, 0.5) is 0 Å². The molecule has 0 aromatic rings. The highest BCUT2D eigenvalue weighted by molar-refractivity contribution is 4.85. The van der Waals surface area contributed by atoms with E-state index in [1.165, 1.54) is 32.1 Å². The largest absolute Gasteiger partial charge is 0.0622 e. The Labute approximate surface area is 76.7 Å². The van der Waals surface area contributed by atoms with Crippen molar-refractivity contribution in [2.24, 2.45) is 23.7 Å². The van der Waals surface area contributed by atoms with Crippen molar-refractivity contribution < 1.29 is 0 Å². The van der Waals surface area contributed by atoms with E-state index < -0.39 is 0 Å². The SMILES string of the molecule is C[C@@H]1[C@H]2CCCC[C@H]2CC[C@@H]1C. The second-order valence-corrected chi connectivity index (χ2v) is 5.12. The summed E-state index contributed by atoms with van der Waals surface area (Å²) in [5.74, 6) is 4.24. The van der Waals surface area contributed by atoms with Crippen molar-refractivity contribution in [2.75, 3.05) is 0 Å². The summed E-state index contributed by atoms with van der Waals surface area (Å²) in [7, 11) is 0. The summed E-state index contributed by atoms with van der Waals surface area (Å²) in [6.45, 7) is 4.95. The van der Waals surface area contributed by atoms with Crippen LogP contribution in [0.25, 0.3) is 0 Å². The third-order valence-corrected chi connectivity index (χ3v) is 4.53. The Morgan fingerprint density at radius 1 is 0.833 bits per heavy atom. The lowest BCUT2D eigenvalue weighted by molar-refractivity contribution is 0.0734. The first-order chi connectivity index (χ1) is 5.79. The molecule has 0 spiro atoms. The van der Waals surface area contributed by atoms with Gasteiger partial charge in [-0.15, -0.1) is 0 Å². The molecule has 0 saturated heterocycles. The molecule has 2 aliphatic rings. The summed E-state index contributed by atoms with van der Waals surface area (Å²) in [6, 6.07) is 0. The van der Waals surface area contributed by atoms with Crippen molar-refractivity contribution in [1.82, 2.24) is 0 Å². The molecule has 0 nitrogen and oxygen atoms in total. The molecule has 0 aliphatic heterocycles. The van der Waals surface area contributed by atoms with Gasteiger partial charge in [0.1, 0.15) is 0 Å². The highest BCUT2D eigenvalue weighted by atomic mass is 14.4. The number of fused-ring (bicyclic) bond motifs is 1. The molecule has 0 aromatic carbocycles. The highest BCUT2D eigenvalue weighted by Gasteiger charge is 2.35. The van der Waals surface area contributed by atoms with Gasteiger partial charge in [0.15, 0.2) is 0 Å². The standard InChI is InChI=1S/C12H22/c1-9-7-8-11-5-3-4-6-12(11)10(9)2/h9-12H,3-8H2,1-2H3/t9-,10-,11-,12+/m0/s1. The van der Waals surface area contributed by atoms with Crippen molar-refractivity contribution in [3.05, 3.63) is 0 Å². The van der Waals surface area contributed by atoms with Gasteiger partial charge in [0.25, 0.3) is 0 Å². The average molecular weight is 166 g/mol. The first-order valence-corrected chi connectivity index (χ1v) is 5.79. The molecule has 2 fully saturated rings. The minimum absolute atomic E-state index is 1.00. The molecule has 2 rings (SSSR count).